The van der Waals surface area contributed by atoms with Gasteiger partial charge >= 0.3 is 0 Å². The summed E-state index contributed by atoms with van der Waals surface area (Å²) in [5.74, 6) is -0.0802. The van der Waals surface area contributed by atoms with Crippen molar-refractivity contribution >= 4 is 21.6 Å². The summed E-state index contributed by atoms with van der Waals surface area (Å²) in [6.45, 7) is 5.26. The molecule has 0 spiro atoms. The third-order valence-electron chi connectivity index (χ3n) is 3.65. The Balaban J connectivity index is 2.31. The average molecular weight is 380 g/mol. The van der Waals surface area contributed by atoms with E-state index in [1.807, 2.05) is 6.92 Å². The summed E-state index contributed by atoms with van der Waals surface area (Å²) in [6, 6.07) is 4.60. The first-order valence-corrected chi connectivity index (χ1v) is 9.88. The molecule has 7 nitrogen and oxygen atoms in total. The maximum atomic E-state index is 13.0. The van der Waals surface area contributed by atoms with Gasteiger partial charge in [0, 0.05) is 24.9 Å². The van der Waals surface area contributed by atoms with Crippen LogP contribution in [0.3, 0.4) is 0 Å². The molecule has 142 valence electrons. The van der Waals surface area contributed by atoms with Crippen molar-refractivity contribution < 1.29 is 22.7 Å². The SMILES string of the molecule is C/C=C/C=C/C(=O)Nc1ccc(OCC)c(S(=O)(=O)N2CCOCC2)c1. The zero-order chi connectivity index (χ0) is 19.0. The van der Waals surface area contributed by atoms with Crippen molar-refractivity contribution in [3.63, 3.8) is 0 Å². The van der Waals surface area contributed by atoms with Gasteiger partial charge in [-0.15, -0.1) is 0 Å². The molecule has 0 unspecified atom stereocenters. The van der Waals surface area contributed by atoms with Gasteiger partial charge in [0.15, 0.2) is 0 Å². The second-order valence-electron chi connectivity index (χ2n) is 5.49. The molecule has 0 bridgehead atoms. The number of allylic oxidation sites excluding steroid dienone is 3. The fourth-order valence-corrected chi connectivity index (χ4v) is 3.99. The van der Waals surface area contributed by atoms with Gasteiger partial charge in [-0.05, 0) is 32.0 Å². The Morgan fingerprint density at radius 2 is 2.04 bits per heavy atom. The highest BCUT2D eigenvalue weighted by molar-refractivity contribution is 7.89. The third kappa shape index (κ3) is 5.17. The predicted octanol–water partition coefficient (Wildman–Crippen LogP) is 2.18. The van der Waals surface area contributed by atoms with Crippen LogP contribution in [0.4, 0.5) is 5.69 Å². The van der Waals surface area contributed by atoms with Gasteiger partial charge in [0.25, 0.3) is 0 Å². The second kappa shape index (κ2) is 9.51. The summed E-state index contributed by atoms with van der Waals surface area (Å²) in [4.78, 5) is 12.0. The van der Waals surface area contributed by atoms with E-state index in [1.165, 1.54) is 16.4 Å². The molecule has 1 aliphatic heterocycles. The van der Waals surface area contributed by atoms with E-state index < -0.39 is 10.0 Å². The van der Waals surface area contributed by atoms with Crippen LogP contribution in [0.1, 0.15) is 13.8 Å². The second-order valence-corrected chi connectivity index (χ2v) is 7.39. The molecule has 1 aromatic rings. The normalized spacial score (nSPS) is 16.2. The van der Waals surface area contributed by atoms with Crippen LogP contribution in [0.25, 0.3) is 0 Å². The van der Waals surface area contributed by atoms with E-state index in [0.717, 1.165) is 0 Å². The number of nitrogens with zero attached hydrogens (tertiary/aromatic N) is 1. The van der Waals surface area contributed by atoms with Crippen LogP contribution in [0.5, 0.6) is 5.75 Å². The number of hydrogen-bond acceptors (Lipinski definition) is 5. The molecule has 1 amide bonds. The number of amides is 1. The number of hydrogen-bond donors (Lipinski definition) is 1. The Kier molecular flexibility index (Phi) is 7.38. The number of morpholine rings is 1. The van der Waals surface area contributed by atoms with Gasteiger partial charge in [0.05, 0.1) is 19.8 Å². The van der Waals surface area contributed by atoms with E-state index in [9.17, 15) is 13.2 Å². The lowest BCUT2D eigenvalue weighted by Gasteiger charge is -2.27. The lowest BCUT2D eigenvalue weighted by Crippen LogP contribution is -2.40. The van der Waals surface area contributed by atoms with E-state index in [0.29, 0.717) is 25.5 Å². The standard InChI is InChI=1S/C18H24N2O5S/c1-3-5-6-7-18(21)19-15-8-9-16(25-4-2)17(14-15)26(22,23)20-10-12-24-13-11-20/h3,5-9,14H,4,10-13H2,1-2H3,(H,19,21)/b5-3+,7-6+. The van der Waals surface area contributed by atoms with Gasteiger partial charge in [-0.25, -0.2) is 8.42 Å². The van der Waals surface area contributed by atoms with E-state index >= 15 is 0 Å². The van der Waals surface area contributed by atoms with Crippen molar-refractivity contribution in [2.24, 2.45) is 0 Å². The highest BCUT2D eigenvalue weighted by atomic mass is 32.2. The molecule has 1 aromatic carbocycles. The number of sulfonamides is 1. The molecule has 26 heavy (non-hydrogen) atoms. The minimum atomic E-state index is -3.75. The van der Waals surface area contributed by atoms with Crippen LogP contribution in [0.15, 0.2) is 47.4 Å². The minimum absolute atomic E-state index is 0.0384. The molecule has 1 heterocycles. The number of nitrogens with one attached hydrogen (secondary N) is 1. The van der Waals surface area contributed by atoms with Crippen molar-refractivity contribution in [2.75, 3.05) is 38.2 Å². The van der Waals surface area contributed by atoms with Crippen LogP contribution >= 0.6 is 0 Å². The smallest absolute Gasteiger partial charge is 0.248 e. The van der Waals surface area contributed by atoms with Gasteiger partial charge in [-0.3, -0.25) is 4.79 Å². The summed E-state index contributed by atoms with van der Waals surface area (Å²) < 4.78 is 38.0. The van der Waals surface area contributed by atoms with E-state index in [1.54, 1.807) is 37.3 Å². The van der Waals surface area contributed by atoms with Gasteiger partial charge in [0.2, 0.25) is 15.9 Å². The monoisotopic (exact) mass is 380 g/mol. The molecular formula is C18H24N2O5S. The fourth-order valence-electron chi connectivity index (χ4n) is 2.43. The zero-order valence-corrected chi connectivity index (χ0v) is 15.8. The fraction of sp³-hybridized carbons (Fsp3) is 0.389. The summed E-state index contributed by atoms with van der Waals surface area (Å²) in [5, 5.41) is 2.66. The Hall–Kier alpha value is -2.16. The Morgan fingerprint density at radius 3 is 2.69 bits per heavy atom. The predicted molar refractivity (Wildman–Crippen MR) is 99.8 cm³/mol. The lowest BCUT2D eigenvalue weighted by molar-refractivity contribution is -0.111. The van der Waals surface area contributed by atoms with Crippen molar-refractivity contribution in [3.8, 4) is 5.75 Å². The number of ether oxygens (including phenoxy) is 2. The first kappa shape index (κ1) is 20.2. The Morgan fingerprint density at radius 1 is 1.31 bits per heavy atom. The van der Waals surface area contributed by atoms with E-state index in [2.05, 4.69) is 5.32 Å². The van der Waals surface area contributed by atoms with Gasteiger partial charge in [-0.1, -0.05) is 18.2 Å². The quantitative estimate of drug-likeness (QED) is 0.579. The van der Waals surface area contributed by atoms with Crippen molar-refractivity contribution in [1.29, 1.82) is 0 Å². The van der Waals surface area contributed by atoms with Crippen LogP contribution in [0, 0.1) is 0 Å². The number of anilines is 1. The molecule has 0 aromatic heterocycles. The third-order valence-corrected chi connectivity index (χ3v) is 5.57. The maximum Gasteiger partial charge on any atom is 0.248 e. The van der Waals surface area contributed by atoms with Crippen LogP contribution in [-0.4, -0.2) is 51.5 Å². The van der Waals surface area contributed by atoms with E-state index in [4.69, 9.17) is 9.47 Å². The van der Waals surface area contributed by atoms with Gasteiger partial charge < -0.3 is 14.8 Å². The molecule has 0 atom stereocenters. The van der Waals surface area contributed by atoms with Crippen LogP contribution in [0.2, 0.25) is 0 Å². The molecule has 1 aliphatic rings. The topological polar surface area (TPSA) is 84.9 Å². The van der Waals surface area contributed by atoms with Gasteiger partial charge in [0.1, 0.15) is 10.6 Å². The first-order chi connectivity index (χ1) is 12.5. The molecule has 0 radical (unpaired) electrons. The summed E-state index contributed by atoms with van der Waals surface area (Å²) in [7, 11) is -3.75. The number of carbonyl (C=O) groups is 1. The summed E-state index contributed by atoms with van der Waals surface area (Å²) in [6.07, 6.45) is 6.50. The number of benzene rings is 1. The largest absolute Gasteiger partial charge is 0.492 e. The molecule has 0 saturated carbocycles. The van der Waals surface area contributed by atoms with Crippen molar-refractivity contribution in [2.45, 2.75) is 18.7 Å². The molecule has 1 N–H and O–H groups in total. The average Bonchev–Trinajstić information content (AvgIpc) is 2.64. The Bertz CT molecular complexity index is 781. The van der Waals surface area contributed by atoms with Crippen molar-refractivity contribution in [1.82, 2.24) is 4.31 Å². The van der Waals surface area contributed by atoms with E-state index in [-0.39, 0.29) is 29.6 Å². The highest BCUT2D eigenvalue weighted by Crippen LogP contribution is 2.30. The summed E-state index contributed by atoms with van der Waals surface area (Å²) >= 11 is 0. The first-order valence-electron chi connectivity index (χ1n) is 8.44. The maximum absolute atomic E-state index is 13.0. The number of carbonyl (C=O) groups excluding carboxylic acids is 1. The van der Waals surface area contributed by atoms with Gasteiger partial charge in [-0.2, -0.15) is 4.31 Å². The highest BCUT2D eigenvalue weighted by Gasteiger charge is 2.29. The molecule has 8 heteroatoms. The molecule has 1 saturated heterocycles. The Labute approximate surface area is 154 Å². The molecule has 0 aliphatic carbocycles. The number of rotatable bonds is 7. The summed E-state index contributed by atoms with van der Waals surface area (Å²) in [5.41, 5.74) is 0.385. The minimum Gasteiger partial charge on any atom is -0.492 e. The molecule has 1 fully saturated rings. The van der Waals surface area contributed by atoms with Crippen molar-refractivity contribution in [3.05, 3.63) is 42.5 Å². The zero-order valence-electron chi connectivity index (χ0n) is 15.0. The van der Waals surface area contributed by atoms with Crippen LogP contribution in [-0.2, 0) is 19.6 Å². The lowest BCUT2D eigenvalue weighted by atomic mass is 10.3. The molecule has 2 rings (SSSR count). The molecular weight excluding hydrogens is 356 g/mol. The van der Waals surface area contributed by atoms with Crippen LogP contribution < -0.4 is 10.1 Å².